The number of aromatic nitrogens is 1. The smallest absolute Gasteiger partial charge is 0.0537 e. The number of nitrogens with zero attached hydrogens (tertiary/aromatic N) is 1. The minimum absolute atomic E-state index is 1.02. The Labute approximate surface area is 106 Å². The lowest BCUT2D eigenvalue weighted by atomic mass is 10.2. The van der Waals surface area contributed by atoms with Crippen LogP contribution in [0.1, 0.15) is 6.42 Å². The number of hydrogen-bond acceptors (Lipinski definition) is 0. The summed E-state index contributed by atoms with van der Waals surface area (Å²) in [5.74, 6) is 0. The van der Waals surface area contributed by atoms with Crippen molar-refractivity contribution in [3.63, 3.8) is 0 Å². The van der Waals surface area contributed by atoms with Gasteiger partial charge < -0.3 is 4.57 Å². The van der Waals surface area contributed by atoms with Crippen molar-refractivity contribution in [3.8, 4) is 0 Å². The van der Waals surface area contributed by atoms with Crippen molar-refractivity contribution in [2.45, 2.75) is 6.42 Å². The third-order valence-electron chi connectivity index (χ3n) is 3.62. The fraction of sp³-hybridized carbons (Fsp3) is 0.0588. The van der Waals surface area contributed by atoms with Crippen molar-refractivity contribution in [2.24, 2.45) is 0 Å². The average Bonchev–Trinajstić information content (AvgIpc) is 3.03. The molecule has 86 valence electrons. The molecule has 0 spiro atoms. The Hall–Kier alpha value is -2.28. The third-order valence-corrected chi connectivity index (χ3v) is 3.62. The number of rotatable bonds is 1. The summed E-state index contributed by atoms with van der Waals surface area (Å²) in [7, 11) is 0. The van der Waals surface area contributed by atoms with Crippen molar-refractivity contribution in [1.29, 1.82) is 0 Å². The molecule has 3 aromatic rings. The molecule has 1 nitrogen and oxygen atoms in total. The van der Waals surface area contributed by atoms with Gasteiger partial charge >= 0.3 is 0 Å². The SMILES string of the molecule is C1=CCC(n2c3ccccc3c3ccccc32)=C1. The molecule has 0 fully saturated rings. The Morgan fingerprint density at radius 1 is 0.778 bits per heavy atom. The molecule has 1 aliphatic carbocycles. The van der Waals surface area contributed by atoms with Crippen molar-refractivity contribution in [1.82, 2.24) is 4.57 Å². The summed E-state index contributed by atoms with van der Waals surface area (Å²) in [6, 6.07) is 17.3. The van der Waals surface area contributed by atoms with Crippen LogP contribution in [-0.4, -0.2) is 4.57 Å². The predicted molar refractivity (Wildman–Crippen MR) is 77.5 cm³/mol. The van der Waals surface area contributed by atoms with Crippen LogP contribution in [0.3, 0.4) is 0 Å². The van der Waals surface area contributed by atoms with Crippen LogP contribution in [0.2, 0.25) is 0 Å². The Balaban J connectivity index is 2.20. The van der Waals surface area contributed by atoms with Crippen LogP contribution in [0.25, 0.3) is 27.5 Å². The molecule has 4 rings (SSSR count). The lowest BCUT2D eigenvalue weighted by Gasteiger charge is -2.07. The highest BCUT2D eigenvalue weighted by molar-refractivity contribution is 6.10. The first-order chi connectivity index (χ1) is 8.95. The molecule has 1 aliphatic rings. The van der Waals surface area contributed by atoms with Crippen LogP contribution < -0.4 is 0 Å². The van der Waals surface area contributed by atoms with E-state index < -0.39 is 0 Å². The Kier molecular flexibility index (Phi) is 1.95. The van der Waals surface area contributed by atoms with Gasteiger partial charge in [0.05, 0.1) is 11.0 Å². The fourth-order valence-electron chi connectivity index (χ4n) is 2.83. The van der Waals surface area contributed by atoms with Crippen LogP contribution in [0, 0.1) is 0 Å². The highest BCUT2D eigenvalue weighted by Gasteiger charge is 2.12. The van der Waals surface area contributed by atoms with Gasteiger partial charge in [-0.2, -0.15) is 0 Å². The molecule has 0 saturated heterocycles. The van der Waals surface area contributed by atoms with E-state index in [1.807, 2.05) is 0 Å². The van der Waals surface area contributed by atoms with Gasteiger partial charge in [-0.05, 0) is 18.2 Å². The van der Waals surface area contributed by atoms with Crippen molar-refractivity contribution < 1.29 is 0 Å². The van der Waals surface area contributed by atoms with E-state index in [2.05, 4.69) is 71.3 Å². The molecule has 0 unspecified atom stereocenters. The molecule has 0 bridgehead atoms. The van der Waals surface area contributed by atoms with E-state index in [1.54, 1.807) is 0 Å². The van der Waals surface area contributed by atoms with Crippen molar-refractivity contribution >= 4 is 27.5 Å². The number of para-hydroxylation sites is 2. The van der Waals surface area contributed by atoms with E-state index in [1.165, 1.54) is 27.5 Å². The first-order valence-electron chi connectivity index (χ1n) is 6.29. The van der Waals surface area contributed by atoms with Gasteiger partial charge in [0, 0.05) is 22.9 Å². The standard InChI is InChI=1S/C17H13N/c1-2-8-13(7-1)18-16-11-5-3-9-14(16)15-10-4-6-12-17(15)18/h1-7,9-12H,8H2. The minimum atomic E-state index is 1.02. The fourth-order valence-corrected chi connectivity index (χ4v) is 2.83. The normalized spacial score (nSPS) is 14.6. The molecular weight excluding hydrogens is 218 g/mol. The first-order valence-corrected chi connectivity index (χ1v) is 6.29. The van der Waals surface area contributed by atoms with Crippen LogP contribution in [0.15, 0.2) is 66.8 Å². The predicted octanol–water partition coefficient (Wildman–Crippen LogP) is 4.60. The molecule has 0 saturated carbocycles. The number of hydrogen-bond donors (Lipinski definition) is 0. The lowest BCUT2D eigenvalue weighted by Crippen LogP contribution is -1.93. The van der Waals surface area contributed by atoms with Gasteiger partial charge in [-0.25, -0.2) is 0 Å². The summed E-state index contributed by atoms with van der Waals surface area (Å²) in [6.45, 7) is 0. The van der Waals surface area contributed by atoms with E-state index in [0.717, 1.165) is 6.42 Å². The van der Waals surface area contributed by atoms with Crippen LogP contribution in [0.4, 0.5) is 0 Å². The molecule has 0 aliphatic heterocycles. The molecule has 0 radical (unpaired) electrons. The molecular formula is C17H13N. The number of allylic oxidation sites excluding steroid dienone is 4. The van der Waals surface area contributed by atoms with E-state index in [-0.39, 0.29) is 0 Å². The maximum absolute atomic E-state index is 2.38. The largest absolute Gasteiger partial charge is 0.313 e. The molecule has 0 N–H and O–H groups in total. The Bertz CT molecular complexity index is 749. The summed E-state index contributed by atoms with van der Waals surface area (Å²) >= 11 is 0. The second-order valence-electron chi connectivity index (χ2n) is 4.66. The van der Waals surface area contributed by atoms with Gasteiger partial charge in [0.15, 0.2) is 0 Å². The van der Waals surface area contributed by atoms with Crippen molar-refractivity contribution in [3.05, 3.63) is 66.8 Å². The highest BCUT2D eigenvalue weighted by Crippen LogP contribution is 2.33. The number of benzene rings is 2. The van der Waals surface area contributed by atoms with Crippen LogP contribution >= 0.6 is 0 Å². The lowest BCUT2D eigenvalue weighted by molar-refractivity contribution is 1.16. The van der Waals surface area contributed by atoms with E-state index in [0.29, 0.717) is 0 Å². The van der Waals surface area contributed by atoms with E-state index >= 15 is 0 Å². The second kappa shape index (κ2) is 3.61. The van der Waals surface area contributed by atoms with Crippen LogP contribution in [-0.2, 0) is 0 Å². The van der Waals surface area contributed by atoms with Crippen LogP contribution in [0.5, 0.6) is 0 Å². The van der Waals surface area contributed by atoms with E-state index in [9.17, 15) is 0 Å². The first kappa shape index (κ1) is 9.72. The van der Waals surface area contributed by atoms with Gasteiger partial charge in [0.2, 0.25) is 0 Å². The minimum Gasteiger partial charge on any atom is -0.313 e. The van der Waals surface area contributed by atoms with E-state index in [4.69, 9.17) is 0 Å². The molecule has 1 heterocycles. The second-order valence-corrected chi connectivity index (χ2v) is 4.66. The molecule has 1 heteroatoms. The monoisotopic (exact) mass is 231 g/mol. The zero-order valence-electron chi connectivity index (χ0n) is 10.0. The Morgan fingerprint density at radius 2 is 1.39 bits per heavy atom. The van der Waals surface area contributed by atoms with Gasteiger partial charge in [-0.1, -0.05) is 48.6 Å². The average molecular weight is 231 g/mol. The number of fused-ring (bicyclic) bond motifs is 3. The zero-order chi connectivity index (χ0) is 11.9. The molecule has 18 heavy (non-hydrogen) atoms. The molecule has 1 aromatic heterocycles. The van der Waals surface area contributed by atoms with Gasteiger partial charge in [-0.3, -0.25) is 0 Å². The third kappa shape index (κ3) is 1.22. The quantitative estimate of drug-likeness (QED) is 0.577. The zero-order valence-corrected chi connectivity index (χ0v) is 10.0. The Morgan fingerprint density at radius 3 is 1.94 bits per heavy atom. The summed E-state index contributed by atoms with van der Waals surface area (Å²) < 4.78 is 2.38. The topological polar surface area (TPSA) is 4.93 Å². The van der Waals surface area contributed by atoms with Gasteiger partial charge in [-0.15, -0.1) is 0 Å². The summed E-state index contributed by atoms with van der Waals surface area (Å²) in [5, 5.41) is 2.67. The van der Waals surface area contributed by atoms with Gasteiger partial charge in [0.1, 0.15) is 0 Å². The molecule has 2 aromatic carbocycles. The molecule has 0 amide bonds. The molecule has 0 atom stereocenters. The summed E-state index contributed by atoms with van der Waals surface area (Å²) in [6.07, 6.45) is 7.57. The maximum atomic E-state index is 2.38. The maximum Gasteiger partial charge on any atom is 0.0537 e. The van der Waals surface area contributed by atoms with Gasteiger partial charge in [0.25, 0.3) is 0 Å². The summed E-state index contributed by atoms with van der Waals surface area (Å²) in [4.78, 5) is 0. The highest BCUT2D eigenvalue weighted by atomic mass is 15.0. The summed E-state index contributed by atoms with van der Waals surface area (Å²) in [5.41, 5.74) is 3.95. The van der Waals surface area contributed by atoms with Crippen molar-refractivity contribution in [2.75, 3.05) is 0 Å².